The number of carbonyl (C=O) groups is 2. The number of hydrogen-bond donors (Lipinski definition) is 1. The Hall–Kier alpha value is -1.03. The molecule has 0 heterocycles. The van der Waals surface area contributed by atoms with Crippen molar-refractivity contribution in [1.29, 1.82) is 0 Å². The summed E-state index contributed by atoms with van der Waals surface area (Å²) in [6, 6.07) is 0. The van der Waals surface area contributed by atoms with Gasteiger partial charge in [-0.05, 0) is 20.3 Å². The Bertz CT molecular complexity index is 346. The molecule has 0 aliphatic rings. The van der Waals surface area contributed by atoms with Gasteiger partial charge >= 0.3 is 0 Å². The first-order chi connectivity index (χ1) is 8.47. The average molecular weight is 269 g/mol. The summed E-state index contributed by atoms with van der Waals surface area (Å²) in [7, 11) is 0. The molecule has 0 saturated heterocycles. The van der Waals surface area contributed by atoms with Crippen LogP contribution in [-0.2, 0) is 9.59 Å². The summed E-state index contributed by atoms with van der Waals surface area (Å²) in [6.07, 6.45) is 6.06. The van der Waals surface area contributed by atoms with E-state index in [1.807, 2.05) is 19.1 Å². The van der Waals surface area contributed by atoms with Gasteiger partial charge in [0.05, 0.1) is 0 Å². The fourth-order valence-corrected chi connectivity index (χ4v) is 1.98. The minimum Gasteiger partial charge on any atom is -0.356 e. The van der Waals surface area contributed by atoms with Crippen molar-refractivity contribution in [1.82, 2.24) is 5.32 Å². The third-order valence-corrected chi connectivity index (χ3v) is 3.29. The lowest BCUT2D eigenvalue weighted by atomic mass is 10.1. The average Bonchev–Trinajstić information content (AvgIpc) is 2.31. The van der Waals surface area contributed by atoms with Crippen LogP contribution in [0.5, 0.6) is 0 Å². The Balaban J connectivity index is 4.05. The number of thioether (sulfide) groups is 1. The van der Waals surface area contributed by atoms with Gasteiger partial charge < -0.3 is 5.32 Å². The third-order valence-electron chi connectivity index (χ3n) is 2.29. The van der Waals surface area contributed by atoms with Crippen LogP contribution in [0.25, 0.3) is 0 Å². The maximum Gasteiger partial charge on any atom is 0.216 e. The van der Waals surface area contributed by atoms with E-state index in [0.29, 0.717) is 12.3 Å². The molecule has 0 bridgehead atoms. The van der Waals surface area contributed by atoms with Gasteiger partial charge in [-0.15, -0.1) is 0 Å². The Kier molecular flexibility index (Phi) is 9.38. The molecule has 0 aliphatic heterocycles. The van der Waals surface area contributed by atoms with Crippen LogP contribution in [0.2, 0.25) is 0 Å². The van der Waals surface area contributed by atoms with Crippen LogP contribution in [0.15, 0.2) is 23.3 Å². The van der Waals surface area contributed by atoms with Crippen molar-refractivity contribution < 1.29 is 9.59 Å². The molecule has 0 radical (unpaired) electrons. The molecule has 0 aliphatic carbocycles. The highest BCUT2D eigenvalue weighted by Crippen LogP contribution is 2.11. The van der Waals surface area contributed by atoms with E-state index in [4.69, 9.17) is 0 Å². The second-order valence-electron chi connectivity index (χ2n) is 4.23. The Morgan fingerprint density at radius 1 is 1.17 bits per heavy atom. The zero-order valence-electron chi connectivity index (χ0n) is 11.7. The van der Waals surface area contributed by atoms with Crippen molar-refractivity contribution in [2.45, 2.75) is 40.5 Å². The van der Waals surface area contributed by atoms with Crippen LogP contribution in [0, 0.1) is 0 Å². The molecule has 102 valence electrons. The molecule has 18 heavy (non-hydrogen) atoms. The summed E-state index contributed by atoms with van der Waals surface area (Å²) >= 11 is 1.24. The smallest absolute Gasteiger partial charge is 0.216 e. The summed E-state index contributed by atoms with van der Waals surface area (Å²) in [5.74, 6) is 0.551. The predicted octanol–water partition coefficient (Wildman–Crippen LogP) is 3.08. The maximum absolute atomic E-state index is 11.7. The molecule has 0 aromatic rings. The van der Waals surface area contributed by atoms with Crippen molar-refractivity contribution in [3.63, 3.8) is 0 Å². The van der Waals surface area contributed by atoms with E-state index in [1.165, 1.54) is 24.3 Å². The first-order valence-electron chi connectivity index (χ1n) is 6.23. The lowest BCUT2D eigenvalue weighted by Crippen LogP contribution is -2.22. The minimum atomic E-state index is -0.0616. The molecule has 4 heteroatoms. The highest BCUT2D eigenvalue weighted by molar-refractivity contribution is 8.14. The Morgan fingerprint density at radius 3 is 2.39 bits per heavy atom. The molecule has 1 amide bonds. The lowest BCUT2D eigenvalue weighted by Gasteiger charge is -2.02. The van der Waals surface area contributed by atoms with Crippen molar-refractivity contribution >= 4 is 22.8 Å². The molecule has 0 rings (SSSR count). The Morgan fingerprint density at radius 2 is 1.83 bits per heavy atom. The normalized spacial score (nSPS) is 12.4. The van der Waals surface area contributed by atoms with Crippen LogP contribution in [0.3, 0.4) is 0 Å². The quantitative estimate of drug-likeness (QED) is 0.439. The van der Waals surface area contributed by atoms with E-state index >= 15 is 0 Å². The van der Waals surface area contributed by atoms with Crippen molar-refractivity contribution in [2.24, 2.45) is 0 Å². The van der Waals surface area contributed by atoms with Gasteiger partial charge in [0.2, 0.25) is 11.0 Å². The third kappa shape index (κ3) is 9.05. The van der Waals surface area contributed by atoms with Gasteiger partial charge in [0.25, 0.3) is 0 Å². The summed E-state index contributed by atoms with van der Waals surface area (Å²) < 4.78 is 0. The van der Waals surface area contributed by atoms with E-state index < -0.39 is 0 Å². The summed E-state index contributed by atoms with van der Waals surface area (Å²) in [5.41, 5.74) is 2.03. The van der Waals surface area contributed by atoms with E-state index in [2.05, 4.69) is 19.2 Å². The molecule has 3 nitrogen and oxygen atoms in total. The molecule has 0 unspecified atom stereocenters. The van der Waals surface area contributed by atoms with Crippen molar-refractivity contribution in [3.05, 3.63) is 23.3 Å². The van der Waals surface area contributed by atoms with Crippen LogP contribution in [-0.4, -0.2) is 23.3 Å². The van der Waals surface area contributed by atoms with Gasteiger partial charge in [0.15, 0.2) is 0 Å². The predicted molar refractivity (Wildman–Crippen MR) is 78.6 cm³/mol. The summed E-state index contributed by atoms with van der Waals surface area (Å²) in [4.78, 5) is 22.3. The van der Waals surface area contributed by atoms with E-state index in [0.717, 1.165) is 18.4 Å². The monoisotopic (exact) mass is 269 g/mol. The molecule has 0 atom stereocenters. The number of hydrogen-bond acceptors (Lipinski definition) is 3. The molecular weight excluding hydrogens is 246 g/mol. The molecule has 0 aromatic heterocycles. The van der Waals surface area contributed by atoms with Crippen molar-refractivity contribution in [3.8, 4) is 0 Å². The highest BCUT2D eigenvalue weighted by Gasteiger charge is 2.04. The van der Waals surface area contributed by atoms with E-state index in [1.54, 1.807) is 0 Å². The SMILES string of the molecule is CCCC(C)=CC=C(C)C(=O)SCCNC(C)=O. The molecule has 0 spiro atoms. The van der Waals surface area contributed by atoms with Crippen LogP contribution in [0.1, 0.15) is 40.5 Å². The highest BCUT2D eigenvalue weighted by atomic mass is 32.2. The number of amides is 1. The summed E-state index contributed by atoms with van der Waals surface area (Å²) in [6.45, 7) is 8.03. The molecule has 0 saturated carbocycles. The molecular formula is C14H23NO2S. The van der Waals surface area contributed by atoms with Gasteiger partial charge in [-0.2, -0.15) is 0 Å². The van der Waals surface area contributed by atoms with E-state index in [9.17, 15) is 9.59 Å². The minimum absolute atomic E-state index is 0.0616. The van der Waals surface area contributed by atoms with Gasteiger partial charge in [-0.3, -0.25) is 9.59 Å². The fraction of sp³-hybridized carbons (Fsp3) is 0.571. The van der Waals surface area contributed by atoms with Gasteiger partial charge in [0, 0.05) is 24.8 Å². The number of rotatable bonds is 7. The topological polar surface area (TPSA) is 46.2 Å². The van der Waals surface area contributed by atoms with Crippen molar-refractivity contribution in [2.75, 3.05) is 12.3 Å². The zero-order chi connectivity index (χ0) is 14.0. The lowest BCUT2D eigenvalue weighted by molar-refractivity contribution is -0.118. The Labute approximate surface area is 114 Å². The molecule has 0 aromatic carbocycles. The van der Waals surface area contributed by atoms with E-state index in [-0.39, 0.29) is 11.0 Å². The van der Waals surface area contributed by atoms with Crippen LogP contribution in [0.4, 0.5) is 0 Å². The maximum atomic E-state index is 11.7. The first-order valence-corrected chi connectivity index (χ1v) is 7.21. The van der Waals surface area contributed by atoms with Gasteiger partial charge in [-0.25, -0.2) is 0 Å². The second kappa shape index (κ2) is 9.95. The first kappa shape index (κ1) is 17.0. The van der Waals surface area contributed by atoms with Crippen LogP contribution < -0.4 is 5.32 Å². The summed E-state index contributed by atoms with van der Waals surface area (Å²) in [5, 5.41) is 2.73. The number of allylic oxidation sites excluding steroid dienone is 3. The number of carbonyl (C=O) groups excluding carboxylic acids is 2. The largest absolute Gasteiger partial charge is 0.356 e. The standard InChI is InChI=1S/C14H23NO2S/c1-5-6-11(2)7-8-12(3)14(17)18-10-9-15-13(4)16/h7-8H,5-6,9-10H2,1-4H3,(H,15,16). The van der Waals surface area contributed by atoms with Gasteiger partial charge in [0.1, 0.15) is 0 Å². The molecule has 0 fully saturated rings. The van der Waals surface area contributed by atoms with Crippen LogP contribution >= 0.6 is 11.8 Å². The van der Waals surface area contributed by atoms with Gasteiger partial charge in [-0.1, -0.05) is 42.8 Å². The second-order valence-corrected chi connectivity index (χ2v) is 5.30. The number of nitrogens with one attached hydrogen (secondary N) is 1. The zero-order valence-corrected chi connectivity index (χ0v) is 12.5. The molecule has 1 N–H and O–H groups in total. The fourth-order valence-electron chi connectivity index (χ4n) is 1.30.